The molecule has 7 heteroatoms. The van der Waals surface area contributed by atoms with Crippen molar-refractivity contribution in [2.24, 2.45) is 5.92 Å². The highest BCUT2D eigenvalue weighted by molar-refractivity contribution is 6.02. The van der Waals surface area contributed by atoms with E-state index in [4.69, 9.17) is 9.26 Å². The predicted molar refractivity (Wildman–Crippen MR) is 138 cm³/mol. The largest absolute Gasteiger partial charge is 0.488 e. The molecule has 1 fully saturated rings. The lowest BCUT2D eigenvalue weighted by atomic mass is 9.95. The Balaban J connectivity index is 1.32. The number of aromatic nitrogens is 1. The minimum Gasteiger partial charge on any atom is -0.488 e. The van der Waals surface area contributed by atoms with E-state index in [1.165, 1.54) is 0 Å². The van der Waals surface area contributed by atoms with Gasteiger partial charge in [0.1, 0.15) is 18.1 Å². The van der Waals surface area contributed by atoms with Gasteiger partial charge in [-0.2, -0.15) is 0 Å². The van der Waals surface area contributed by atoms with Gasteiger partial charge in [0.25, 0.3) is 5.91 Å². The number of hydrogen-bond acceptors (Lipinski definition) is 5. The quantitative estimate of drug-likeness (QED) is 0.391. The molecule has 3 aromatic carbocycles. The molecule has 1 N–H and O–H groups in total. The molecular weight excluding hydrogens is 454 g/mol. The van der Waals surface area contributed by atoms with Crippen LogP contribution in [-0.4, -0.2) is 35.0 Å². The summed E-state index contributed by atoms with van der Waals surface area (Å²) < 4.78 is 11.4. The average Bonchev–Trinajstić information content (AvgIpc) is 3.23. The second-order valence-corrected chi connectivity index (χ2v) is 9.21. The van der Waals surface area contributed by atoms with E-state index >= 15 is 0 Å². The minimum atomic E-state index is -0.124. The van der Waals surface area contributed by atoms with Crippen LogP contribution in [0.3, 0.4) is 0 Å². The summed E-state index contributed by atoms with van der Waals surface area (Å²) in [7, 11) is 0. The summed E-state index contributed by atoms with van der Waals surface area (Å²) >= 11 is 0. The fourth-order valence-corrected chi connectivity index (χ4v) is 4.64. The third-order valence-electron chi connectivity index (χ3n) is 6.83. The van der Waals surface area contributed by atoms with E-state index in [1.807, 2.05) is 85.5 Å². The average molecular weight is 484 g/mol. The number of carbonyl (C=O) groups excluding carboxylic acids is 2. The van der Waals surface area contributed by atoms with Gasteiger partial charge >= 0.3 is 0 Å². The molecule has 0 bridgehead atoms. The number of fused-ring (bicyclic) bond motifs is 1. The van der Waals surface area contributed by atoms with Gasteiger partial charge in [-0.15, -0.1) is 0 Å². The van der Waals surface area contributed by atoms with Gasteiger partial charge < -0.3 is 19.5 Å². The molecule has 2 heterocycles. The smallest absolute Gasteiger partial charge is 0.257 e. The second-order valence-electron chi connectivity index (χ2n) is 9.21. The molecule has 0 aliphatic carbocycles. The van der Waals surface area contributed by atoms with Crippen molar-refractivity contribution in [2.45, 2.75) is 33.3 Å². The topological polar surface area (TPSA) is 84.7 Å². The number of para-hydroxylation sites is 1. The molecule has 1 aromatic heterocycles. The number of nitrogens with one attached hydrogen (secondary N) is 1. The van der Waals surface area contributed by atoms with Gasteiger partial charge in [-0.1, -0.05) is 47.6 Å². The molecule has 2 amide bonds. The number of likely N-dealkylation sites (tertiary alicyclic amines) is 1. The normalized spacial score (nSPS) is 14.1. The number of ether oxygens (including phenoxy) is 1. The first-order chi connectivity index (χ1) is 17.5. The summed E-state index contributed by atoms with van der Waals surface area (Å²) in [5.41, 5.74) is 2.97. The van der Waals surface area contributed by atoms with Crippen LogP contribution in [0.5, 0.6) is 5.75 Å². The highest BCUT2D eigenvalue weighted by Gasteiger charge is 2.29. The van der Waals surface area contributed by atoms with E-state index in [2.05, 4.69) is 10.5 Å². The van der Waals surface area contributed by atoms with Gasteiger partial charge in [-0.25, -0.2) is 0 Å². The van der Waals surface area contributed by atoms with Gasteiger partial charge in [-0.05, 0) is 61.7 Å². The molecule has 0 spiro atoms. The van der Waals surface area contributed by atoms with Crippen molar-refractivity contribution >= 4 is 28.3 Å². The monoisotopic (exact) mass is 483 g/mol. The summed E-state index contributed by atoms with van der Waals surface area (Å²) in [6.45, 7) is 5.02. The Kier molecular flexibility index (Phi) is 6.71. The lowest BCUT2D eigenvalue weighted by molar-refractivity contribution is -0.121. The third kappa shape index (κ3) is 4.96. The van der Waals surface area contributed by atoms with Crippen LogP contribution in [0.15, 0.2) is 71.3 Å². The zero-order chi connectivity index (χ0) is 25.1. The maximum atomic E-state index is 13.6. The van der Waals surface area contributed by atoms with Gasteiger partial charge in [0.2, 0.25) is 5.91 Å². The highest BCUT2D eigenvalue weighted by atomic mass is 16.5. The van der Waals surface area contributed by atoms with Crippen LogP contribution < -0.4 is 10.1 Å². The summed E-state index contributed by atoms with van der Waals surface area (Å²) in [6, 6.07) is 21.2. The fraction of sp³-hybridized carbons (Fsp3) is 0.276. The van der Waals surface area contributed by atoms with Crippen molar-refractivity contribution in [3.63, 3.8) is 0 Å². The molecular formula is C29H29N3O4. The zero-order valence-corrected chi connectivity index (χ0v) is 20.5. The molecule has 184 valence electrons. The minimum absolute atomic E-state index is 0.00230. The fourth-order valence-electron chi connectivity index (χ4n) is 4.64. The van der Waals surface area contributed by atoms with E-state index in [-0.39, 0.29) is 24.3 Å². The molecule has 0 atom stereocenters. The van der Waals surface area contributed by atoms with Crippen LogP contribution in [0.25, 0.3) is 10.8 Å². The van der Waals surface area contributed by atoms with Crippen molar-refractivity contribution in [3.8, 4) is 5.75 Å². The molecule has 0 radical (unpaired) electrons. The number of rotatable bonds is 6. The number of nitrogens with zero attached hydrogens (tertiary/aromatic N) is 2. The summed E-state index contributed by atoms with van der Waals surface area (Å²) in [6.07, 6.45) is 1.24. The molecule has 1 aliphatic heterocycles. The maximum absolute atomic E-state index is 13.6. The second kappa shape index (κ2) is 10.2. The van der Waals surface area contributed by atoms with Gasteiger partial charge in [0.15, 0.2) is 0 Å². The molecule has 5 rings (SSSR count). The van der Waals surface area contributed by atoms with Crippen molar-refractivity contribution in [2.75, 3.05) is 18.4 Å². The molecule has 1 saturated heterocycles. The number of amides is 2. The van der Waals surface area contributed by atoms with Crippen molar-refractivity contribution in [1.29, 1.82) is 0 Å². The van der Waals surface area contributed by atoms with E-state index < -0.39 is 0 Å². The molecule has 0 unspecified atom stereocenters. The van der Waals surface area contributed by atoms with Crippen LogP contribution >= 0.6 is 0 Å². The summed E-state index contributed by atoms with van der Waals surface area (Å²) in [5, 5.41) is 8.95. The number of benzene rings is 3. The van der Waals surface area contributed by atoms with E-state index in [1.54, 1.807) is 0 Å². The predicted octanol–water partition coefficient (Wildman–Crippen LogP) is 5.51. The van der Waals surface area contributed by atoms with Crippen LogP contribution in [0.1, 0.15) is 40.2 Å². The Labute approximate surface area is 210 Å². The number of carbonyl (C=O) groups is 2. The molecule has 4 aromatic rings. The Bertz CT molecular complexity index is 1370. The van der Waals surface area contributed by atoms with Gasteiger partial charge in [0, 0.05) is 24.7 Å². The summed E-state index contributed by atoms with van der Waals surface area (Å²) in [5.74, 6) is 1.03. The van der Waals surface area contributed by atoms with Gasteiger partial charge in [-0.3, -0.25) is 9.59 Å². The first kappa shape index (κ1) is 23.6. The lowest BCUT2D eigenvalue weighted by Gasteiger charge is -2.32. The molecule has 0 saturated carbocycles. The van der Waals surface area contributed by atoms with E-state index in [0.717, 1.165) is 27.7 Å². The molecule has 7 nitrogen and oxygen atoms in total. The Morgan fingerprint density at radius 2 is 1.67 bits per heavy atom. The summed E-state index contributed by atoms with van der Waals surface area (Å²) in [4.78, 5) is 28.2. The maximum Gasteiger partial charge on any atom is 0.257 e. The van der Waals surface area contributed by atoms with E-state index in [0.29, 0.717) is 43.0 Å². The number of hydrogen-bond donors (Lipinski definition) is 1. The molecule has 1 aliphatic rings. The first-order valence-corrected chi connectivity index (χ1v) is 12.2. The van der Waals surface area contributed by atoms with Crippen molar-refractivity contribution in [1.82, 2.24) is 10.1 Å². The van der Waals surface area contributed by atoms with Crippen LogP contribution in [0.4, 0.5) is 5.69 Å². The Morgan fingerprint density at radius 1 is 1.00 bits per heavy atom. The number of piperidine rings is 1. The molecule has 36 heavy (non-hydrogen) atoms. The Morgan fingerprint density at radius 3 is 2.33 bits per heavy atom. The van der Waals surface area contributed by atoms with Gasteiger partial charge in [0.05, 0.1) is 16.8 Å². The zero-order valence-electron chi connectivity index (χ0n) is 20.5. The lowest BCUT2D eigenvalue weighted by Crippen LogP contribution is -2.41. The first-order valence-electron chi connectivity index (χ1n) is 12.2. The number of anilines is 1. The number of aryl methyl sites for hydroxylation is 2. The van der Waals surface area contributed by atoms with Crippen LogP contribution in [0, 0.1) is 19.8 Å². The van der Waals surface area contributed by atoms with Crippen molar-refractivity contribution in [3.05, 3.63) is 89.3 Å². The standard InChI is InChI=1S/C29H29N3O4/c1-19-26(20(2)36-31-19)18-35-27-17-23-9-7-6-8-22(23)16-25(27)29(34)32-14-12-21(13-15-32)28(33)30-24-10-4-3-5-11-24/h3-11,16-17,21H,12-15,18H2,1-2H3,(H,30,33). The van der Waals surface area contributed by atoms with Crippen LogP contribution in [0.2, 0.25) is 0 Å². The van der Waals surface area contributed by atoms with E-state index in [9.17, 15) is 9.59 Å². The van der Waals surface area contributed by atoms with Crippen LogP contribution in [-0.2, 0) is 11.4 Å². The third-order valence-corrected chi connectivity index (χ3v) is 6.83. The Hall–Kier alpha value is -4.13. The SMILES string of the molecule is Cc1noc(C)c1COc1cc2ccccc2cc1C(=O)N1CCC(C(=O)Nc2ccccc2)CC1. The van der Waals surface area contributed by atoms with Crippen molar-refractivity contribution < 1.29 is 18.8 Å². The highest BCUT2D eigenvalue weighted by Crippen LogP contribution is 2.30.